The summed E-state index contributed by atoms with van der Waals surface area (Å²) in [5.41, 5.74) is 3.51. The number of hydrogen-bond acceptors (Lipinski definition) is 0. The predicted octanol–water partition coefficient (Wildman–Crippen LogP) is 4.07. The van der Waals surface area contributed by atoms with Crippen molar-refractivity contribution in [3.05, 3.63) is 11.1 Å². The molecule has 0 bridgehead atoms. The third-order valence-electron chi connectivity index (χ3n) is 4.02. The molecular formula is C11H14Cl2. The lowest BCUT2D eigenvalue weighted by molar-refractivity contribution is 0.695. The largest absolute Gasteiger partial charge is 0.162 e. The molecule has 72 valence electrons. The van der Waals surface area contributed by atoms with Gasteiger partial charge in [0.2, 0.25) is 0 Å². The highest BCUT2D eigenvalue weighted by molar-refractivity contribution is 6.56. The third kappa shape index (κ3) is 0.995. The van der Waals surface area contributed by atoms with E-state index in [2.05, 4.69) is 13.8 Å². The lowest BCUT2D eigenvalue weighted by Crippen LogP contribution is -2.03. The van der Waals surface area contributed by atoms with Crippen molar-refractivity contribution in [2.24, 2.45) is 10.8 Å². The van der Waals surface area contributed by atoms with Gasteiger partial charge in [-0.2, -0.15) is 0 Å². The normalized spacial score (nSPS) is 36.0. The molecule has 0 heterocycles. The number of allylic oxidation sites excluding steroid dienone is 2. The molecule has 0 amide bonds. The van der Waals surface area contributed by atoms with Gasteiger partial charge >= 0.3 is 0 Å². The van der Waals surface area contributed by atoms with Crippen molar-refractivity contribution in [2.75, 3.05) is 0 Å². The van der Waals surface area contributed by atoms with Crippen molar-refractivity contribution in [3.63, 3.8) is 0 Å². The second-order valence-electron chi connectivity index (χ2n) is 5.45. The molecular weight excluding hydrogens is 203 g/mol. The zero-order chi connectivity index (χ0) is 9.48. The van der Waals surface area contributed by atoms with Crippen LogP contribution < -0.4 is 0 Å². The monoisotopic (exact) mass is 216 g/mol. The van der Waals surface area contributed by atoms with Crippen LogP contribution >= 0.6 is 23.2 Å². The standard InChI is InChI=1S/C11H14Cl2/c1-9(3-4-9)7-8(11(7,12)13)10(2)5-6-10/h3-6H2,1-2H3. The zero-order valence-electron chi connectivity index (χ0n) is 8.08. The molecule has 0 aromatic heterocycles. The van der Waals surface area contributed by atoms with E-state index in [1.54, 1.807) is 0 Å². The lowest BCUT2D eigenvalue weighted by atomic mass is 10.0. The van der Waals surface area contributed by atoms with Crippen molar-refractivity contribution in [1.29, 1.82) is 0 Å². The third-order valence-corrected chi connectivity index (χ3v) is 4.78. The van der Waals surface area contributed by atoms with Gasteiger partial charge < -0.3 is 0 Å². The summed E-state index contributed by atoms with van der Waals surface area (Å²) in [6.45, 7) is 4.58. The fourth-order valence-electron chi connectivity index (χ4n) is 2.47. The first-order valence-corrected chi connectivity index (χ1v) is 5.80. The van der Waals surface area contributed by atoms with E-state index in [9.17, 15) is 0 Å². The summed E-state index contributed by atoms with van der Waals surface area (Å²) in [6, 6.07) is 0. The van der Waals surface area contributed by atoms with Crippen LogP contribution in [0.4, 0.5) is 0 Å². The Bertz CT molecular complexity index is 287. The van der Waals surface area contributed by atoms with Gasteiger partial charge in [0.25, 0.3) is 0 Å². The van der Waals surface area contributed by atoms with Crippen LogP contribution in [-0.4, -0.2) is 4.33 Å². The first kappa shape index (κ1) is 8.61. The maximum atomic E-state index is 6.31. The molecule has 0 spiro atoms. The molecule has 0 saturated heterocycles. The number of hydrogen-bond donors (Lipinski definition) is 0. The second-order valence-corrected chi connectivity index (χ2v) is 6.77. The smallest absolute Gasteiger partial charge is 0.0916 e. The Balaban J connectivity index is 1.97. The summed E-state index contributed by atoms with van der Waals surface area (Å²) >= 11 is 12.6. The Morgan fingerprint density at radius 2 is 1.15 bits per heavy atom. The number of alkyl halides is 2. The van der Waals surface area contributed by atoms with Crippen molar-refractivity contribution in [2.45, 2.75) is 43.9 Å². The molecule has 0 N–H and O–H groups in total. The molecule has 2 fully saturated rings. The summed E-state index contributed by atoms with van der Waals surface area (Å²) < 4.78 is -0.545. The maximum Gasteiger partial charge on any atom is 0.162 e. The highest BCUT2D eigenvalue weighted by Crippen LogP contribution is 2.76. The molecule has 0 aromatic rings. The first-order chi connectivity index (χ1) is 5.90. The van der Waals surface area contributed by atoms with E-state index in [-0.39, 0.29) is 0 Å². The average Bonchev–Trinajstić information content (AvgIpc) is 2.85. The van der Waals surface area contributed by atoms with Gasteiger partial charge in [-0.3, -0.25) is 0 Å². The van der Waals surface area contributed by atoms with Crippen LogP contribution in [0.5, 0.6) is 0 Å². The van der Waals surface area contributed by atoms with E-state index in [1.165, 1.54) is 36.8 Å². The quantitative estimate of drug-likeness (QED) is 0.483. The average molecular weight is 217 g/mol. The highest BCUT2D eigenvalue weighted by Gasteiger charge is 2.68. The molecule has 2 saturated carbocycles. The molecule has 3 rings (SSSR count). The van der Waals surface area contributed by atoms with Gasteiger partial charge in [0.05, 0.1) is 0 Å². The highest BCUT2D eigenvalue weighted by atomic mass is 35.5. The Morgan fingerprint density at radius 3 is 1.38 bits per heavy atom. The zero-order valence-corrected chi connectivity index (χ0v) is 9.60. The molecule has 0 atom stereocenters. The van der Waals surface area contributed by atoms with E-state index in [0.29, 0.717) is 10.8 Å². The molecule has 0 radical (unpaired) electrons. The SMILES string of the molecule is CC1(C2=C(C3(C)CC3)C2(Cl)Cl)CC1. The Kier molecular flexibility index (Phi) is 1.30. The number of rotatable bonds is 2. The van der Waals surface area contributed by atoms with Gasteiger partial charge in [0.1, 0.15) is 0 Å². The molecule has 2 heteroatoms. The van der Waals surface area contributed by atoms with Crippen LogP contribution in [0, 0.1) is 10.8 Å². The van der Waals surface area contributed by atoms with Gasteiger partial charge in [-0.05, 0) is 47.7 Å². The van der Waals surface area contributed by atoms with Gasteiger partial charge in [-0.25, -0.2) is 0 Å². The Labute approximate surface area is 89.3 Å². The van der Waals surface area contributed by atoms with Crippen molar-refractivity contribution >= 4 is 23.2 Å². The molecule has 3 aliphatic rings. The molecule has 3 aliphatic carbocycles. The van der Waals surface area contributed by atoms with Gasteiger partial charge in [-0.1, -0.05) is 37.0 Å². The van der Waals surface area contributed by atoms with E-state index in [4.69, 9.17) is 23.2 Å². The van der Waals surface area contributed by atoms with E-state index < -0.39 is 4.33 Å². The minimum absolute atomic E-state index is 0.379. The Hall–Kier alpha value is 0.320. The van der Waals surface area contributed by atoms with Crippen LogP contribution in [0.15, 0.2) is 11.1 Å². The first-order valence-electron chi connectivity index (χ1n) is 5.04. The molecule has 0 aromatic carbocycles. The van der Waals surface area contributed by atoms with Crippen LogP contribution in [0.3, 0.4) is 0 Å². The van der Waals surface area contributed by atoms with E-state index in [0.717, 1.165) is 0 Å². The maximum absolute atomic E-state index is 6.31. The van der Waals surface area contributed by atoms with E-state index in [1.807, 2.05) is 0 Å². The van der Waals surface area contributed by atoms with Gasteiger partial charge in [-0.15, -0.1) is 0 Å². The summed E-state index contributed by atoms with van der Waals surface area (Å²) in [6.07, 6.45) is 5.12. The summed E-state index contributed by atoms with van der Waals surface area (Å²) in [4.78, 5) is 0. The Morgan fingerprint density at radius 1 is 0.846 bits per heavy atom. The summed E-state index contributed by atoms with van der Waals surface area (Å²) in [5, 5.41) is 0. The fraction of sp³-hybridized carbons (Fsp3) is 0.818. The fourth-order valence-corrected chi connectivity index (χ4v) is 3.67. The van der Waals surface area contributed by atoms with Crippen molar-refractivity contribution < 1.29 is 0 Å². The van der Waals surface area contributed by atoms with Crippen LogP contribution in [0.2, 0.25) is 0 Å². The minimum atomic E-state index is -0.545. The summed E-state index contributed by atoms with van der Waals surface area (Å²) in [7, 11) is 0. The molecule has 13 heavy (non-hydrogen) atoms. The topological polar surface area (TPSA) is 0 Å². The van der Waals surface area contributed by atoms with Crippen LogP contribution in [-0.2, 0) is 0 Å². The number of halogens is 2. The van der Waals surface area contributed by atoms with E-state index >= 15 is 0 Å². The second kappa shape index (κ2) is 1.97. The summed E-state index contributed by atoms with van der Waals surface area (Å²) in [5.74, 6) is 0. The van der Waals surface area contributed by atoms with Gasteiger partial charge in [0.15, 0.2) is 4.33 Å². The van der Waals surface area contributed by atoms with Crippen molar-refractivity contribution in [3.8, 4) is 0 Å². The van der Waals surface area contributed by atoms with Crippen molar-refractivity contribution in [1.82, 2.24) is 0 Å². The lowest BCUT2D eigenvalue weighted by Gasteiger charge is -2.07. The van der Waals surface area contributed by atoms with Crippen LogP contribution in [0.1, 0.15) is 39.5 Å². The minimum Gasteiger partial charge on any atom is -0.0916 e. The predicted molar refractivity (Wildman–Crippen MR) is 56.1 cm³/mol. The molecule has 0 aliphatic heterocycles. The molecule has 0 nitrogen and oxygen atoms in total. The van der Waals surface area contributed by atoms with Crippen LogP contribution in [0.25, 0.3) is 0 Å². The van der Waals surface area contributed by atoms with Gasteiger partial charge in [0, 0.05) is 0 Å². The molecule has 0 unspecified atom stereocenters.